The van der Waals surface area contributed by atoms with Crippen LogP contribution in [0.4, 0.5) is 4.79 Å². The topological polar surface area (TPSA) is 93.2 Å². The van der Waals surface area contributed by atoms with Crippen LogP contribution in [0, 0.1) is 5.92 Å². The third-order valence-electron chi connectivity index (χ3n) is 3.67. The highest BCUT2D eigenvalue weighted by atomic mass is 16.6. The molecule has 0 aromatic carbocycles. The summed E-state index contributed by atoms with van der Waals surface area (Å²) >= 11 is 0. The van der Waals surface area contributed by atoms with Gasteiger partial charge in [0.25, 0.3) is 0 Å². The van der Waals surface area contributed by atoms with E-state index in [0.29, 0.717) is 19.0 Å². The van der Waals surface area contributed by atoms with Crippen molar-refractivity contribution in [2.24, 2.45) is 10.9 Å². The number of nitrogens with zero attached hydrogens (tertiary/aromatic N) is 1. The van der Waals surface area contributed by atoms with Crippen LogP contribution in [0.3, 0.4) is 0 Å². The lowest BCUT2D eigenvalue weighted by Gasteiger charge is -2.19. The second-order valence-electron chi connectivity index (χ2n) is 7.37. The first kappa shape index (κ1) is 22.5. The number of guanidine groups is 1. The van der Waals surface area contributed by atoms with E-state index in [4.69, 9.17) is 14.2 Å². The van der Waals surface area contributed by atoms with Crippen molar-refractivity contribution in [3.8, 4) is 0 Å². The minimum Gasteiger partial charge on any atom is -0.444 e. The lowest BCUT2D eigenvalue weighted by atomic mass is 10.1. The Kier molecular flexibility index (Phi) is 11.0. The average molecular weight is 373 g/mol. The second-order valence-corrected chi connectivity index (χ2v) is 7.37. The molecular formula is C18H36N4O4. The van der Waals surface area contributed by atoms with Gasteiger partial charge in [0.05, 0.1) is 13.2 Å². The highest BCUT2D eigenvalue weighted by Gasteiger charge is 2.16. The van der Waals surface area contributed by atoms with E-state index in [-0.39, 0.29) is 6.09 Å². The first-order chi connectivity index (χ1) is 12.4. The molecule has 1 rings (SSSR count). The van der Waals surface area contributed by atoms with Gasteiger partial charge in [-0.15, -0.1) is 0 Å². The lowest BCUT2D eigenvalue weighted by Crippen LogP contribution is -2.39. The minimum absolute atomic E-state index is 0.385. The van der Waals surface area contributed by atoms with Gasteiger partial charge in [0, 0.05) is 45.8 Å². The van der Waals surface area contributed by atoms with Gasteiger partial charge in [-0.05, 0) is 40.0 Å². The van der Waals surface area contributed by atoms with Gasteiger partial charge in [-0.3, -0.25) is 4.99 Å². The van der Waals surface area contributed by atoms with Gasteiger partial charge in [-0.25, -0.2) is 4.79 Å². The van der Waals surface area contributed by atoms with Crippen LogP contribution in [0.5, 0.6) is 0 Å². The Balaban J connectivity index is 1.95. The molecular weight excluding hydrogens is 336 g/mol. The van der Waals surface area contributed by atoms with Crippen LogP contribution in [-0.4, -0.2) is 70.8 Å². The third kappa shape index (κ3) is 11.9. The summed E-state index contributed by atoms with van der Waals surface area (Å²) < 4.78 is 16.2. The summed E-state index contributed by atoms with van der Waals surface area (Å²) in [7, 11) is 1.74. The number of alkyl carbamates (subject to hydrolysis) is 1. The monoisotopic (exact) mass is 372 g/mol. The largest absolute Gasteiger partial charge is 0.444 e. The maximum atomic E-state index is 11.5. The molecule has 0 aromatic heterocycles. The van der Waals surface area contributed by atoms with Crippen LogP contribution in [0.1, 0.15) is 40.0 Å². The number of ether oxygens (including phenoxy) is 3. The van der Waals surface area contributed by atoms with Crippen molar-refractivity contribution in [2.75, 3.05) is 53.1 Å². The van der Waals surface area contributed by atoms with Gasteiger partial charge in [-0.2, -0.15) is 0 Å². The highest BCUT2D eigenvalue weighted by molar-refractivity contribution is 5.79. The SMILES string of the molecule is CN=C(NCCCNC(=O)OC(C)(C)C)NCCCOCC1CCOC1. The first-order valence-corrected chi connectivity index (χ1v) is 9.47. The van der Waals surface area contributed by atoms with Gasteiger partial charge >= 0.3 is 6.09 Å². The summed E-state index contributed by atoms with van der Waals surface area (Å²) in [5, 5.41) is 9.20. The molecule has 8 heteroatoms. The zero-order chi connectivity index (χ0) is 19.3. The van der Waals surface area contributed by atoms with Crippen molar-refractivity contribution >= 4 is 12.1 Å². The van der Waals surface area contributed by atoms with Crippen molar-refractivity contribution in [2.45, 2.75) is 45.6 Å². The molecule has 1 saturated heterocycles. The Labute approximate surface area is 157 Å². The normalized spacial score (nSPS) is 17.8. The smallest absolute Gasteiger partial charge is 0.407 e. The van der Waals surface area contributed by atoms with Gasteiger partial charge in [0.15, 0.2) is 5.96 Å². The number of rotatable bonds is 10. The van der Waals surface area contributed by atoms with Crippen LogP contribution in [0.25, 0.3) is 0 Å². The number of carbonyl (C=O) groups is 1. The van der Waals surface area contributed by atoms with Crippen molar-refractivity contribution in [3.63, 3.8) is 0 Å². The molecule has 0 spiro atoms. The summed E-state index contributed by atoms with van der Waals surface area (Å²) in [6.45, 7) is 10.8. The maximum Gasteiger partial charge on any atom is 0.407 e. The third-order valence-corrected chi connectivity index (χ3v) is 3.67. The van der Waals surface area contributed by atoms with Crippen LogP contribution in [0.2, 0.25) is 0 Å². The fraction of sp³-hybridized carbons (Fsp3) is 0.889. The van der Waals surface area contributed by atoms with E-state index in [1.165, 1.54) is 0 Å². The predicted molar refractivity (Wildman–Crippen MR) is 103 cm³/mol. The first-order valence-electron chi connectivity index (χ1n) is 9.47. The van der Waals surface area contributed by atoms with Crippen LogP contribution >= 0.6 is 0 Å². The van der Waals surface area contributed by atoms with Crippen molar-refractivity contribution < 1.29 is 19.0 Å². The number of amides is 1. The quantitative estimate of drug-likeness (QED) is 0.306. The Bertz CT molecular complexity index is 418. The minimum atomic E-state index is -0.469. The molecule has 1 aliphatic heterocycles. The van der Waals surface area contributed by atoms with Gasteiger partial charge in [0.1, 0.15) is 5.60 Å². The van der Waals surface area contributed by atoms with Gasteiger partial charge in [0.2, 0.25) is 0 Å². The molecule has 0 bridgehead atoms. The molecule has 0 saturated carbocycles. The molecule has 1 aliphatic rings. The Morgan fingerprint density at radius 3 is 2.46 bits per heavy atom. The van der Waals surface area contributed by atoms with Gasteiger partial charge in [-0.1, -0.05) is 0 Å². The van der Waals surface area contributed by atoms with E-state index in [9.17, 15) is 4.79 Å². The maximum absolute atomic E-state index is 11.5. The summed E-state index contributed by atoms with van der Waals surface area (Å²) in [4.78, 5) is 15.7. The molecule has 0 aromatic rings. The number of aliphatic imine (C=N–C) groups is 1. The van der Waals surface area contributed by atoms with Crippen molar-refractivity contribution in [1.82, 2.24) is 16.0 Å². The fourth-order valence-electron chi connectivity index (χ4n) is 2.37. The molecule has 1 heterocycles. The van der Waals surface area contributed by atoms with E-state index >= 15 is 0 Å². The predicted octanol–water partition coefficient (Wildman–Crippen LogP) is 1.51. The highest BCUT2D eigenvalue weighted by Crippen LogP contribution is 2.12. The van der Waals surface area contributed by atoms with Crippen molar-refractivity contribution in [3.05, 3.63) is 0 Å². The molecule has 1 fully saturated rings. The zero-order valence-corrected chi connectivity index (χ0v) is 16.7. The van der Waals surface area contributed by atoms with Gasteiger partial charge < -0.3 is 30.2 Å². The molecule has 0 radical (unpaired) electrons. The second kappa shape index (κ2) is 12.8. The van der Waals surface area contributed by atoms with Crippen LogP contribution in [0.15, 0.2) is 4.99 Å². The lowest BCUT2D eigenvalue weighted by molar-refractivity contribution is 0.0527. The molecule has 3 N–H and O–H groups in total. The molecule has 152 valence electrons. The summed E-state index contributed by atoms with van der Waals surface area (Å²) in [6.07, 6.45) is 2.43. The zero-order valence-electron chi connectivity index (χ0n) is 16.7. The molecule has 1 unspecified atom stereocenters. The number of carbonyl (C=O) groups excluding carboxylic acids is 1. The van der Waals surface area contributed by atoms with E-state index in [2.05, 4.69) is 20.9 Å². The van der Waals surface area contributed by atoms with E-state index in [0.717, 1.165) is 58.2 Å². The fourth-order valence-corrected chi connectivity index (χ4v) is 2.37. The molecule has 26 heavy (non-hydrogen) atoms. The van der Waals surface area contributed by atoms with Crippen LogP contribution < -0.4 is 16.0 Å². The Hall–Kier alpha value is -1.54. The summed E-state index contributed by atoms with van der Waals surface area (Å²) in [6, 6.07) is 0. The number of nitrogens with one attached hydrogen (secondary N) is 3. The Morgan fingerprint density at radius 1 is 1.15 bits per heavy atom. The average Bonchev–Trinajstić information content (AvgIpc) is 3.07. The van der Waals surface area contributed by atoms with Crippen molar-refractivity contribution in [1.29, 1.82) is 0 Å². The van der Waals surface area contributed by atoms with E-state index in [1.54, 1.807) is 7.05 Å². The number of hydrogen-bond donors (Lipinski definition) is 3. The molecule has 8 nitrogen and oxygen atoms in total. The Morgan fingerprint density at radius 2 is 1.85 bits per heavy atom. The summed E-state index contributed by atoms with van der Waals surface area (Å²) in [5.41, 5.74) is -0.469. The van der Waals surface area contributed by atoms with E-state index in [1.807, 2.05) is 20.8 Å². The summed E-state index contributed by atoms with van der Waals surface area (Å²) in [5.74, 6) is 1.32. The molecule has 0 aliphatic carbocycles. The molecule has 1 amide bonds. The molecule has 1 atom stereocenters. The van der Waals surface area contributed by atoms with Crippen LogP contribution in [-0.2, 0) is 14.2 Å². The van der Waals surface area contributed by atoms with E-state index < -0.39 is 5.60 Å². The number of hydrogen-bond acceptors (Lipinski definition) is 5. The standard InChI is InChI=1S/C18H36N4O4/c1-18(2,3)26-17(23)22-9-5-8-20-16(19-4)21-10-6-11-24-13-15-7-12-25-14-15/h15H,5-14H2,1-4H3,(H,22,23)(H2,19,20,21).